The Bertz CT molecular complexity index is 694. The number of likely N-dealkylation sites (tertiary alicyclic amines) is 1. The van der Waals surface area contributed by atoms with Crippen LogP contribution in [0.3, 0.4) is 0 Å². The van der Waals surface area contributed by atoms with Gasteiger partial charge in [0, 0.05) is 32.9 Å². The lowest BCUT2D eigenvalue weighted by Crippen LogP contribution is -2.39. The molecule has 2 aromatic rings. The first kappa shape index (κ1) is 16.6. The molecule has 5 heteroatoms. The Morgan fingerprint density at radius 2 is 2.25 bits per heavy atom. The second-order valence-corrected chi connectivity index (χ2v) is 6.80. The molecule has 0 radical (unpaired) electrons. The lowest BCUT2D eigenvalue weighted by atomic mass is 10.0. The third kappa shape index (κ3) is 4.37. The van der Waals surface area contributed by atoms with E-state index in [1.165, 1.54) is 16.7 Å². The smallest absolute Gasteiger partial charge is 0.317 e. The Hall–Kier alpha value is -2.30. The van der Waals surface area contributed by atoms with Crippen LogP contribution in [0.15, 0.2) is 36.7 Å². The third-order valence-corrected chi connectivity index (χ3v) is 4.63. The van der Waals surface area contributed by atoms with Gasteiger partial charge in [0.05, 0.1) is 6.20 Å². The van der Waals surface area contributed by atoms with Crippen molar-refractivity contribution in [2.24, 2.45) is 13.0 Å². The van der Waals surface area contributed by atoms with Gasteiger partial charge >= 0.3 is 6.03 Å². The molecule has 24 heavy (non-hydrogen) atoms. The van der Waals surface area contributed by atoms with Crippen LogP contribution >= 0.6 is 0 Å². The van der Waals surface area contributed by atoms with Crippen LogP contribution < -0.4 is 5.32 Å². The summed E-state index contributed by atoms with van der Waals surface area (Å²) in [6, 6.07) is 8.51. The molecule has 1 aromatic heterocycles. The number of nitrogens with one attached hydrogen (secondary N) is 1. The van der Waals surface area contributed by atoms with E-state index in [1.54, 1.807) is 0 Å². The van der Waals surface area contributed by atoms with Crippen molar-refractivity contribution in [1.29, 1.82) is 0 Å². The van der Waals surface area contributed by atoms with Crippen LogP contribution in [0.25, 0.3) is 0 Å². The van der Waals surface area contributed by atoms with Gasteiger partial charge in [-0.3, -0.25) is 4.68 Å². The van der Waals surface area contributed by atoms with Gasteiger partial charge in [0.25, 0.3) is 0 Å². The predicted octanol–water partition coefficient (Wildman–Crippen LogP) is 2.55. The number of aryl methyl sites for hydroxylation is 2. The highest BCUT2D eigenvalue weighted by Gasteiger charge is 2.26. The third-order valence-electron chi connectivity index (χ3n) is 4.63. The number of carbonyl (C=O) groups excluding carboxylic acids is 1. The molecule has 1 aliphatic heterocycles. The van der Waals surface area contributed by atoms with Gasteiger partial charge in [0.2, 0.25) is 0 Å². The molecule has 128 valence electrons. The van der Waals surface area contributed by atoms with Crippen molar-refractivity contribution in [1.82, 2.24) is 20.0 Å². The highest BCUT2D eigenvalue weighted by Crippen LogP contribution is 2.20. The van der Waals surface area contributed by atoms with Gasteiger partial charge in [-0.25, -0.2) is 4.79 Å². The molecule has 1 N–H and O–H groups in total. The number of hydrogen-bond acceptors (Lipinski definition) is 2. The van der Waals surface area contributed by atoms with Crippen molar-refractivity contribution < 1.29 is 4.79 Å². The topological polar surface area (TPSA) is 50.2 Å². The highest BCUT2D eigenvalue weighted by atomic mass is 16.2. The van der Waals surface area contributed by atoms with Crippen LogP contribution in [0.4, 0.5) is 4.79 Å². The zero-order valence-corrected chi connectivity index (χ0v) is 14.5. The van der Waals surface area contributed by atoms with E-state index in [1.807, 2.05) is 22.8 Å². The van der Waals surface area contributed by atoms with Gasteiger partial charge in [-0.05, 0) is 43.2 Å². The molecule has 1 saturated heterocycles. The number of benzene rings is 1. The van der Waals surface area contributed by atoms with Gasteiger partial charge in [-0.1, -0.05) is 29.8 Å². The Labute approximate surface area is 143 Å². The number of urea groups is 1. The van der Waals surface area contributed by atoms with E-state index < -0.39 is 0 Å². The Morgan fingerprint density at radius 3 is 3.00 bits per heavy atom. The van der Waals surface area contributed by atoms with Crippen molar-refractivity contribution in [3.05, 3.63) is 53.3 Å². The van der Waals surface area contributed by atoms with Crippen LogP contribution in [0.5, 0.6) is 0 Å². The molecule has 0 saturated carbocycles. The maximum absolute atomic E-state index is 12.3. The molecule has 2 amide bonds. The van der Waals surface area contributed by atoms with Gasteiger partial charge in [-0.2, -0.15) is 5.10 Å². The summed E-state index contributed by atoms with van der Waals surface area (Å²) in [5.41, 5.74) is 3.78. The number of carbonyl (C=O) groups is 1. The van der Waals surface area contributed by atoms with Gasteiger partial charge in [0.15, 0.2) is 0 Å². The summed E-state index contributed by atoms with van der Waals surface area (Å²) in [6.45, 7) is 4.47. The zero-order valence-electron chi connectivity index (χ0n) is 14.5. The molecular formula is C19H26N4O. The maximum Gasteiger partial charge on any atom is 0.317 e. The van der Waals surface area contributed by atoms with Crippen LogP contribution in [-0.2, 0) is 19.9 Å². The molecule has 1 atom stereocenters. The fourth-order valence-corrected chi connectivity index (χ4v) is 3.39. The van der Waals surface area contributed by atoms with Crippen molar-refractivity contribution in [2.75, 3.05) is 19.6 Å². The van der Waals surface area contributed by atoms with Gasteiger partial charge < -0.3 is 10.2 Å². The minimum Gasteiger partial charge on any atom is -0.338 e. The van der Waals surface area contributed by atoms with E-state index in [0.717, 1.165) is 32.4 Å². The largest absolute Gasteiger partial charge is 0.338 e. The van der Waals surface area contributed by atoms with Crippen LogP contribution in [0, 0.1) is 12.8 Å². The Morgan fingerprint density at radius 1 is 1.38 bits per heavy atom. The van der Waals surface area contributed by atoms with E-state index in [2.05, 4.69) is 47.8 Å². The standard InChI is InChI=1S/C19H26N4O/c1-15-4-3-5-16(10-15)6-8-20-19(24)23-9-7-17(14-23)11-18-12-21-22(2)13-18/h3-5,10,12-13,17H,6-9,11,14H2,1-2H3,(H,20,24)/t17-/m1/s1. The average molecular weight is 326 g/mol. The molecule has 1 fully saturated rings. The van der Waals surface area contributed by atoms with Crippen molar-refractivity contribution in [3.63, 3.8) is 0 Å². The summed E-state index contributed by atoms with van der Waals surface area (Å²) in [5, 5.41) is 7.26. The van der Waals surface area contributed by atoms with Crippen LogP contribution in [-0.4, -0.2) is 40.3 Å². The summed E-state index contributed by atoms with van der Waals surface area (Å²) in [6.07, 6.45) is 6.93. The van der Waals surface area contributed by atoms with Crippen molar-refractivity contribution >= 4 is 6.03 Å². The molecule has 0 spiro atoms. The van der Waals surface area contributed by atoms with E-state index in [-0.39, 0.29) is 6.03 Å². The lowest BCUT2D eigenvalue weighted by Gasteiger charge is -2.17. The second kappa shape index (κ2) is 7.51. The van der Waals surface area contributed by atoms with E-state index >= 15 is 0 Å². The molecule has 0 bridgehead atoms. The monoisotopic (exact) mass is 326 g/mol. The summed E-state index contributed by atoms with van der Waals surface area (Å²) in [7, 11) is 1.94. The molecule has 2 heterocycles. The zero-order chi connectivity index (χ0) is 16.9. The summed E-state index contributed by atoms with van der Waals surface area (Å²) < 4.78 is 1.83. The van der Waals surface area contributed by atoms with Gasteiger partial charge in [0.1, 0.15) is 0 Å². The van der Waals surface area contributed by atoms with Crippen LogP contribution in [0.2, 0.25) is 0 Å². The summed E-state index contributed by atoms with van der Waals surface area (Å²) >= 11 is 0. The molecule has 1 aliphatic rings. The fourth-order valence-electron chi connectivity index (χ4n) is 3.39. The minimum atomic E-state index is 0.0661. The highest BCUT2D eigenvalue weighted by molar-refractivity contribution is 5.74. The number of nitrogens with zero attached hydrogens (tertiary/aromatic N) is 3. The summed E-state index contributed by atoms with van der Waals surface area (Å²) in [4.78, 5) is 14.2. The minimum absolute atomic E-state index is 0.0661. The lowest BCUT2D eigenvalue weighted by molar-refractivity contribution is 0.207. The quantitative estimate of drug-likeness (QED) is 0.918. The molecule has 3 rings (SSSR count). The fraction of sp³-hybridized carbons (Fsp3) is 0.474. The number of hydrogen-bond donors (Lipinski definition) is 1. The normalized spacial score (nSPS) is 17.2. The van der Waals surface area contributed by atoms with E-state index in [9.17, 15) is 4.79 Å². The molecule has 0 unspecified atom stereocenters. The number of rotatable bonds is 5. The molecule has 1 aromatic carbocycles. The molecule has 5 nitrogen and oxygen atoms in total. The van der Waals surface area contributed by atoms with Crippen LogP contribution in [0.1, 0.15) is 23.1 Å². The predicted molar refractivity (Wildman–Crippen MR) is 94.9 cm³/mol. The Balaban J connectivity index is 1.41. The average Bonchev–Trinajstić information content (AvgIpc) is 3.17. The van der Waals surface area contributed by atoms with E-state index in [0.29, 0.717) is 12.5 Å². The van der Waals surface area contributed by atoms with E-state index in [4.69, 9.17) is 0 Å². The first-order chi connectivity index (χ1) is 11.6. The van der Waals surface area contributed by atoms with Crippen molar-refractivity contribution in [2.45, 2.75) is 26.2 Å². The molecule has 0 aliphatic carbocycles. The van der Waals surface area contributed by atoms with Gasteiger partial charge in [-0.15, -0.1) is 0 Å². The SMILES string of the molecule is Cc1cccc(CCNC(=O)N2CC[C@H](Cc3cnn(C)c3)C2)c1. The second-order valence-electron chi connectivity index (χ2n) is 6.80. The number of amides is 2. The first-order valence-electron chi connectivity index (χ1n) is 8.66. The number of aromatic nitrogens is 2. The Kier molecular flexibility index (Phi) is 5.18. The summed E-state index contributed by atoms with van der Waals surface area (Å²) in [5.74, 6) is 0.539. The first-order valence-corrected chi connectivity index (χ1v) is 8.66. The van der Waals surface area contributed by atoms with Crippen molar-refractivity contribution in [3.8, 4) is 0 Å². The maximum atomic E-state index is 12.3. The molecular weight excluding hydrogens is 300 g/mol.